The van der Waals surface area contributed by atoms with Gasteiger partial charge in [-0.25, -0.2) is 0 Å². The molecule has 7 nitrogen and oxygen atoms in total. The third-order valence-electron chi connectivity index (χ3n) is 3.92. The molecule has 0 amide bonds. The molecule has 21 heavy (non-hydrogen) atoms. The van der Waals surface area contributed by atoms with Crippen LogP contribution in [0.2, 0.25) is 5.28 Å². The van der Waals surface area contributed by atoms with Crippen molar-refractivity contribution >= 4 is 23.5 Å². The van der Waals surface area contributed by atoms with Gasteiger partial charge in [-0.15, -0.1) is 0 Å². The SMILES string of the molecule is CCC(CC)(CO)Nc1nc(Cl)nc(N2CCOCC2)n1. The second kappa shape index (κ2) is 7.20. The van der Waals surface area contributed by atoms with Crippen LogP contribution in [-0.4, -0.2) is 58.5 Å². The highest BCUT2D eigenvalue weighted by Gasteiger charge is 2.27. The molecule has 0 saturated carbocycles. The Hall–Kier alpha value is -1.18. The normalized spacial score (nSPS) is 16.1. The molecule has 8 heteroatoms. The summed E-state index contributed by atoms with van der Waals surface area (Å²) in [5.74, 6) is 0.939. The molecule has 0 unspecified atom stereocenters. The monoisotopic (exact) mass is 315 g/mol. The second-order valence-corrected chi connectivity index (χ2v) is 5.44. The number of halogens is 1. The predicted octanol–water partition coefficient (Wildman–Crippen LogP) is 1.32. The number of nitrogens with one attached hydrogen (secondary N) is 1. The smallest absolute Gasteiger partial charge is 0.231 e. The van der Waals surface area contributed by atoms with Gasteiger partial charge < -0.3 is 20.1 Å². The average molecular weight is 316 g/mol. The Balaban J connectivity index is 2.21. The molecule has 1 aliphatic heterocycles. The summed E-state index contributed by atoms with van der Waals surface area (Å²) in [5, 5.41) is 13.0. The summed E-state index contributed by atoms with van der Waals surface area (Å²) < 4.78 is 5.32. The number of rotatable bonds is 6. The maximum Gasteiger partial charge on any atom is 0.231 e. The fourth-order valence-electron chi connectivity index (χ4n) is 2.23. The van der Waals surface area contributed by atoms with Crippen LogP contribution >= 0.6 is 11.6 Å². The number of hydrogen-bond donors (Lipinski definition) is 2. The van der Waals surface area contributed by atoms with Gasteiger partial charge in [-0.3, -0.25) is 0 Å². The van der Waals surface area contributed by atoms with Gasteiger partial charge in [0.05, 0.1) is 25.4 Å². The van der Waals surface area contributed by atoms with E-state index in [0.29, 0.717) is 25.1 Å². The van der Waals surface area contributed by atoms with Crippen LogP contribution < -0.4 is 10.2 Å². The first kappa shape index (κ1) is 16.2. The van der Waals surface area contributed by atoms with E-state index in [1.165, 1.54) is 0 Å². The number of nitrogens with zero attached hydrogens (tertiary/aromatic N) is 4. The van der Waals surface area contributed by atoms with Crippen LogP contribution in [0.25, 0.3) is 0 Å². The summed E-state index contributed by atoms with van der Waals surface area (Å²) in [7, 11) is 0. The van der Waals surface area contributed by atoms with Gasteiger partial charge in [0.2, 0.25) is 17.2 Å². The zero-order valence-electron chi connectivity index (χ0n) is 12.5. The van der Waals surface area contributed by atoms with Crippen molar-refractivity contribution in [3.05, 3.63) is 5.28 Å². The van der Waals surface area contributed by atoms with Crippen molar-refractivity contribution in [2.24, 2.45) is 0 Å². The van der Waals surface area contributed by atoms with Crippen molar-refractivity contribution in [3.8, 4) is 0 Å². The van der Waals surface area contributed by atoms with Gasteiger partial charge in [-0.2, -0.15) is 15.0 Å². The maximum absolute atomic E-state index is 9.63. The second-order valence-electron chi connectivity index (χ2n) is 5.10. The first-order valence-electron chi connectivity index (χ1n) is 7.26. The fraction of sp³-hybridized carbons (Fsp3) is 0.769. The lowest BCUT2D eigenvalue weighted by atomic mass is 9.94. The van der Waals surface area contributed by atoms with E-state index in [4.69, 9.17) is 16.3 Å². The van der Waals surface area contributed by atoms with Gasteiger partial charge in [-0.1, -0.05) is 13.8 Å². The van der Waals surface area contributed by atoms with E-state index in [2.05, 4.69) is 20.3 Å². The van der Waals surface area contributed by atoms with Gasteiger partial charge in [-0.05, 0) is 24.4 Å². The Labute approximate surface area is 129 Å². The molecule has 2 rings (SSSR count). The molecule has 2 N–H and O–H groups in total. The number of morpholine rings is 1. The number of hydrogen-bond acceptors (Lipinski definition) is 7. The van der Waals surface area contributed by atoms with Crippen molar-refractivity contribution in [2.75, 3.05) is 43.1 Å². The lowest BCUT2D eigenvalue weighted by Crippen LogP contribution is -2.42. The topological polar surface area (TPSA) is 83.4 Å². The number of aliphatic hydroxyl groups is 1. The molecule has 2 heterocycles. The molecule has 1 aromatic heterocycles. The Bertz CT molecular complexity index is 456. The molecule has 118 valence electrons. The third-order valence-corrected chi connectivity index (χ3v) is 4.09. The zero-order valence-corrected chi connectivity index (χ0v) is 13.2. The molecule has 0 radical (unpaired) electrons. The molecule has 1 aromatic rings. The van der Waals surface area contributed by atoms with E-state index >= 15 is 0 Å². The number of aromatic nitrogens is 3. The van der Waals surface area contributed by atoms with Crippen LogP contribution in [0.1, 0.15) is 26.7 Å². The van der Waals surface area contributed by atoms with Gasteiger partial charge in [0.25, 0.3) is 0 Å². The lowest BCUT2D eigenvalue weighted by molar-refractivity contribution is 0.122. The van der Waals surface area contributed by atoms with E-state index in [1.54, 1.807) is 0 Å². The molecular formula is C13H22ClN5O2. The summed E-state index contributed by atoms with van der Waals surface area (Å²) >= 11 is 6.01. The van der Waals surface area contributed by atoms with Gasteiger partial charge in [0.15, 0.2) is 0 Å². The van der Waals surface area contributed by atoms with E-state index in [1.807, 2.05) is 18.7 Å². The van der Waals surface area contributed by atoms with Gasteiger partial charge in [0, 0.05) is 13.1 Å². The van der Waals surface area contributed by atoms with E-state index in [-0.39, 0.29) is 11.9 Å². The van der Waals surface area contributed by atoms with Gasteiger partial charge >= 0.3 is 0 Å². The summed E-state index contributed by atoms with van der Waals surface area (Å²) in [6.07, 6.45) is 1.52. The molecule has 0 aliphatic carbocycles. The van der Waals surface area contributed by atoms with Crippen LogP contribution in [0.4, 0.5) is 11.9 Å². The van der Waals surface area contributed by atoms with E-state index in [0.717, 1.165) is 25.9 Å². The number of aliphatic hydroxyl groups excluding tert-OH is 1. The number of ether oxygens (including phenoxy) is 1. The molecule has 0 spiro atoms. The summed E-state index contributed by atoms with van der Waals surface area (Å²) in [6.45, 7) is 6.79. The van der Waals surface area contributed by atoms with Crippen molar-refractivity contribution in [1.29, 1.82) is 0 Å². The molecule has 0 bridgehead atoms. The van der Waals surface area contributed by atoms with Crippen LogP contribution in [0, 0.1) is 0 Å². The predicted molar refractivity (Wildman–Crippen MR) is 81.9 cm³/mol. The van der Waals surface area contributed by atoms with Crippen molar-refractivity contribution in [2.45, 2.75) is 32.2 Å². The Morgan fingerprint density at radius 2 is 1.90 bits per heavy atom. The molecule has 0 atom stereocenters. The van der Waals surface area contributed by atoms with Crippen molar-refractivity contribution in [3.63, 3.8) is 0 Å². The minimum atomic E-state index is -0.438. The molecule has 1 fully saturated rings. The standard InChI is InChI=1S/C13H22ClN5O2/c1-3-13(4-2,9-20)18-11-15-10(14)16-12(17-11)19-5-7-21-8-6-19/h20H,3-9H2,1-2H3,(H,15,16,17,18). The highest BCUT2D eigenvalue weighted by molar-refractivity contribution is 6.28. The summed E-state index contributed by atoms with van der Waals surface area (Å²) in [6, 6.07) is 0. The zero-order chi connectivity index (χ0) is 15.3. The Morgan fingerprint density at radius 3 is 2.48 bits per heavy atom. The minimum Gasteiger partial charge on any atom is -0.394 e. The van der Waals surface area contributed by atoms with E-state index in [9.17, 15) is 5.11 Å². The largest absolute Gasteiger partial charge is 0.394 e. The van der Waals surface area contributed by atoms with Crippen LogP contribution in [0.5, 0.6) is 0 Å². The van der Waals surface area contributed by atoms with Crippen molar-refractivity contribution < 1.29 is 9.84 Å². The summed E-state index contributed by atoms with van der Waals surface area (Å²) in [4.78, 5) is 14.7. The van der Waals surface area contributed by atoms with Crippen molar-refractivity contribution in [1.82, 2.24) is 15.0 Å². The molecule has 0 aromatic carbocycles. The van der Waals surface area contributed by atoms with E-state index < -0.39 is 5.54 Å². The Kier molecular flexibility index (Phi) is 5.55. The van der Waals surface area contributed by atoms with Crippen LogP contribution in [-0.2, 0) is 4.74 Å². The minimum absolute atomic E-state index is 0.0101. The number of anilines is 2. The highest BCUT2D eigenvalue weighted by atomic mass is 35.5. The lowest BCUT2D eigenvalue weighted by Gasteiger charge is -2.31. The Morgan fingerprint density at radius 1 is 1.24 bits per heavy atom. The van der Waals surface area contributed by atoms with Crippen LogP contribution in [0.3, 0.4) is 0 Å². The average Bonchev–Trinajstić information content (AvgIpc) is 2.53. The fourth-order valence-corrected chi connectivity index (χ4v) is 2.38. The molecular weight excluding hydrogens is 294 g/mol. The first-order chi connectivity index (χ1) is 10.1. The third kappa shape index (κ3) is 3.93. The van der Waals surface area contributed by atoms with Gasteiger partial charge in [0.1, 0.15) is 0 Å². The summed E-state index contributed by atoms with van der Waals surface area (Å²) in [5.41, 5.74) is -0.438. The first-order valence-corrected chi connectivity index (χ1v) is 7.63. The quantitative estimate of drug-likeness (QED) is 0.819. The van der Waals surface area contributed by atoms with Crippen LogP contribution in [0.15, 0.2) is 0 Å². The maximum atomic E-state index is 9.63. The highest BCUT2D eigenvalue weighted by Crippen LogP contribution is 2.22. The molecule has 1 saturated heterocycles. The molecule has 1 aliphatic rings.